The van der Waals surface area contributed by atoms with Crippen LogP contribution < -0.4 is 15.1 Å². The van der Waals surface area contributed by atoms with Crippen molar-refractivity contribution in [3.8, 4) is 11.5 Å². The molecule has 0 spiro atoms. The van der Waals surface area contributed by atoms with Crippen molar-refractivity contribution < 1.29 is 27.1 Å². The van der Waals surface area contributed by atoms with Crippen LogP contribution in [-0.4, -0.2) is 13.2 Å². The van der Waals surface area contributed by atoms with Crippen LogP contribution in [0.25, 0.3) is 11.0 Å². The molecule has 0 saturated heterocycles. The second-order valence-corrected chi connectivity index (χ2v) is 4.14. The van der Waals surface area contributed by atoms with Gasteiger partial charge in [0.25, 0.3) is 0 Å². The molecule has 114 valence electrons. The Labute approximate surface area is 118 Å². The van der Waals surface area contributed by atoms with E-state index in [4.69, 9.17) is 13.9 Å². The number of hydrogen-bond donors (Lipinski definition) is 0. The van der Waals surface area contributed by atoms with E-state index >= 15 is 0 Å². The molecule has 0 saturated carbocycles. The molecule has 0 aliphatic rings. The number of ether oxygens (including phenoxy) is 2. The summed E-state index contributed by atoms with van der Waals surface area (Å²) in [5.74, 6) is 0.403. The van der Waals surface area contributed by atoms with Crippen molar-refractivity contribution >= 4 is 11.0 Å². The van der Waals surface area contributed by atoms with Gasteiger partial charge in [0, 0.05) is 17.5 Å². The molecule has 2 rings (SSSR count). The number of rotatable bonds is 4. The number of halogens is 3. The van der Waals surface area contributed by atoms with Gasteiger partial charge in [0.15, 0.2) is 11.5 Å². The molecule has 0 atom stereocenters. The van der Waals surface area contributed by atoms with E-state index in [1.807, 2.05) is 0 Å². The lowest BCUT2D eigenvalue weighted by Gasteiger charge is -2.14. The fourth-order valence-corrected chi connectivity index (χ4v) is 1.94. The molecule has 1 aromatic carbocycles. The van der Waals surface area contributed by atoms with Crippen molar-refractivity contribution in [2.24, 2.45) is 0 Å². The van der Waals surface area contributed by atoms with Crippen molar-refractivity contribution in [1.29, 1.82) is 0 Å². The monoisotopic (exact) mass is 302 g/mol. The standard InChI is InChI=1S/C14H13F3O4/c1-3-19-11-5-8-9(14(15,16)17)6-13(18)21-10(8)7-12(11)20-4-2/h5-7H,3-4H2,1-2H3. The van der Waals surface area contributed by atoms with E-state index in [0.717, 1.165) is 0 Å². The molecule has 0 aliphatic carbocycles. The summed E-state index contributed by atoms with van der Waals surface area (Å²) in [6, 6.07) is 2.84. The summed E-state index contributed by atoms with van der Waals surface area (Å²) in [5, 5.41) is -0.242. The summed E-state index contributed by atoms with van der Waals surface area (Å²) in [6.07, 6.45) is -4.66. The third-order valence-corrected chi connectivity index (χ3v) is 2.71. The van der Waals surface area contributed by atoms with Gasteiger partial charge in [0.05, 0.1) is 18.8 Å². The molecule has 0 aliphatic heterocycles. The second-order valence-electron chi connectivity index (χ2n) is 4.14. The van der Waals surface area contributed by atoms with Crippen LogP contribution in [0.5, 0.6) is 11.5 Å². The van der Waals surface area contributed by atoms with Crippen molar-refractivity contribution in [2.75, 3.05) is 13.2 Å². The molecular weight excluding hydrogens is 289 g/mol. The first-order chi connectivity index (χ1) is 9.86. The summed E-state index contributed by atoms with van der Waals surface area (Å²) in [7, 11) is 0. The molecule has 0 amide bonds. The third kappa shape index (κ3) is 3.12. The number of fused-ring (bicyclic) bond motifs is 1. The Bertz CT molecular complexity index is 704. The highest BCUT2D eigenvalue weighted by molar-refractivity contribution is 5.84. The predicted molar refractivity (Wildman–Crippen MR) is 69.8 cm³/mol. The molecule has 0 radical (unpaired) electrons. The van der Waals surface area contributed by atoms with Crippen molar-refractivity contribution in [3.05, 3.63) is 34.2 Å². The van der Waals surface area contributed by atoms with Gasteiger partial charge in [-0.3, -0.25) is 0 Å². The molecule has 7 heteroatoms. The molecule has 0 unspecified atom stereocenters. The highest BCUT2D eigenvalue weighted by atomic mass is 19.4. The van der Waals surface area contributed by atoms with Gasteiger partial charge in [0.1, 0.15) is 5.58 Å². The van der Waals surface area contributed by atoms with Crippen LogP contribution in [0.1, 0.15) is 19.4 Å². The first-order valence-corrected chi connectivity index (χ1v) is 6.31. The van der Waals surface area contributed by atoms with Crippen LogP contribution in [0.4, 0.5) is 13.2 Å². The van der Waals surface area contributed by atoms with Gasteiger partial charge in [0.2, 0.25) is 0 Å². The van der Waals surface area contributed by atoms with Gasteiger partial charge < -0.3 is 13.9 Å². The Hall–Kier alpha value is -2.18. The summed E-state index contributed by atoms with van der Waals surface area (Å²) >= 11 is 0. The zero-order valence-electron chi connectivity index (χ0n) is 11.4. The fourth-order valence-electron chi connectivity index (χ4n) is 1.94. The molecule has 0 fully saturated rings. The van der Waals surface area contributed by atoms with Crippen molar-refractivity contribution in [3.63, 3.8) is 0 Å². The summed E-state index contributed by atoms with van der Waals surface area (Å²) in [4.78, 5) is 11.3. The van der Waals surface area contributed by atoms with Crippen molar-refractivity contribution in [1.82, 2.24) is 0 Å². The molecule has 2 aromatic rings. The zero-order chi connectivity index (χ0) is 15.6. The van der Waals surface area contributed by atoms with Gasteiger partial charge >= 0.3 is 11.8 Å². The van der Waals surface area contributed by atoms with Gasteiger partial charge in [-0.05, 0) is 19.9 Å². The second kappa shape index (κ2) is 5.67. The van der Waals surface area contributed by atoms with Crippen LogP contribution >= 0.6 is 0 Å². The highest BCUT2D eigenvalue weighted by Crippen LogP contribution is 2.39. The van der Waals surface area contributed by atoms with Crippen LogP contribution in [0.15, 0.2) is 27.4 Å². The van der Waals surface area contributed by atoms with Crippen LogP contribution in [-0.2, 0) is 6.18 Å². The highest BCUT2D eigenvalue weighted by Gasteiger charge is 2.34. The number of hydrogen-bond acceptors (Lipinski definition) is 4. The lowest BCUT2D eigenvalue weighted by molar-refractivity contribution is -0.136. The summed E-state index contributed by atoms with van der Waals surface area (Å²) < 4.78 is 54.4. The van der Waals surface area contributed by atoms with Crippen LogP contribution in [0.2, 0.25) is 0 Å². The van der Waals surface area contributed by atoms with Crippen LogP contribution in [0, 0.1) is 0 Å². The average molecular weight is 302 g/mol. The maximum Gasteiger partial charge on any atom is 0.417 e. The molecule has 4 nitrogen and oxygen atoms in total. The van der Waals surface area contributed by atoms with Gasteiger partial charge in [-0.25, -0.2) is 4.79 Å². The van der Waals surface area contributed by atoms with E-state index in [-0.39, 0.29) is 29.1 Å². The summed E-state index contributed by atoms with van der Waals surface area (Å²) in [6.45, 7) is 4.00. The average Bonchev–Trinajstić information content (AvgIpc) is 2.38. The van der Waals surface area contributed by atoms with Gasteiger partial charge in [-0.15, -0.1) is 0 Å². The van der Waals surface area contributed by atoms with E-state index in [0.29, 0.717) is 12.7 Å². The van der Waals surface area contributed by atoms with Crippen molar-refractivity contribution in [2.45, 2.75) is 20.0 Å². The molecule has 0 bridgehead atoms. The fraction of sp³-hybridized carbons (Fsp3) is 0.357. The largest absolute Gasteiger partial charge is 0.490 e. The maximum atomic E-state index is 13.0. The van der Waals surface area contributed by atoms with Gasteiger partial charge in [-0.2, -0.15) is 13.2 Å². The molecule has 1 aromatic heterocycles. The molecular formula is C14H13F3O4. The van der Waals surface area contributed by atoms with Crippen LogP contribution in [0.3, 0.4) is 0 Å². The lowest BCUT2D eigenvalue weighted by Crippen LogP contribution is -2.11. The Morgan fingerprint density at radius 1 is 1.05 bits per heavy atom. The van der Waals surface area contributed by atoms with E-state index in [9.17, 15) is 18.0 Å². The predicted octanol–water partition coefficient (Wildman–Crippen LogP) is 3.61. The minimum absolute atomic E-state index is 0.172. The number of benzene rings is 1. The Morgan fingerprint density at radius 3 is 2.14 bits per heavy atom. The molecule has 21 heavy (non-hydrogen) atoms. The maximum absolute atomic E-state index is 13.0. The van der Waals surface area contributed by atoms with Gasteiger partial charge in [-0.1, -0.05) is 0 Å². The minimum Gasteiger partial charge on any atom is -0.490 e. The smallest absolute Gasteiger partial charge is 0.417 e. The van der Waals surface area contributed by atoms with E-state index < -0.39 is 17.4 Å². The SMILES string of the molecule is CCOc1cc2oc(=O)cc(C(F)(F)F)c2cc1OCC. The topological polar surface area (TPSA) is 48.7 Å². The normalized spacial score (nSPS) is 11.7. The molecule has 0 N–H and O–H groups in total. The summed E-state index contributed by atoms with van der Waals surface area (Å²) in [5.41, 5.74) is -2.32. The Balaban J connectivity index is 2.77. The Kier molecular flexibility index (Phi) is 4.11. The first-order valence-electron chi connectivity index (χ1n) is 6.31. The van der Waals surface area contributed by atoms with E-state index in [1.165, 1.54) is 12.1 Å². The van der Waals surface area contributed by atoms with E-state index in [1.54, 1.807) is 13.8 Å². The third-order valence-electron chi connectivity index (χ3n) is 2.71. The quantitative estimate of drug-likeness (QED) is 0.810. The molecule has 1 heterocycles. The zero-order valence-corrected chi connectivity index (χ0v) is 11.4. The first kappa shape index (κ1) is 15.2. The minimum atomic E-state index is -4.66. The lowest BCUT2D eigenvalue weighted by atomic mass is 10.1. The Morgan fingerprint density at radius 2 is 1.62 bits per heavy atom. The number of alkyl halides is 3. The van der Waals surface area contributed by atoms with E-state index in [2.05, 4.69) is 0 Å².